The molecule has 0 amide bonds. The van der Waals surface area contributed by atoms with Crippen LogP contribution in [0.3, 0.4) is 0 Å². The summed E-state index contributed by atoms with van der Waals surface area (Å²) in [4.78, 5) is 20.8. The molecule has 11 nitrogen and oxygen atoms in total. The number of pyridine rings is 1. The Morgan fingerprint density at radius 2 is 2.00 bits per heavy atom. The van der Waals surface area contributed by atoms with Crippen LogP contribution in [0.15, 0.2) is 59.4 Å². The van der Waals surface area contributed by atoms with Gasteiger partial charge in [-0.15, -0.1) is 0 Å². The average Bonchev–Trinajstić information content (AvgIpc) is 3.57. The van der Waals surface area contributed by atoms with E-state index in [1.807, 2.05) is 4.90 Å². The molecule has 0 unspecified atom stereocenters. The van der Waals surface area contributed by atoms with Gasteiger partial charge < -0.3 is 19.5 Å². The summed E-state index contributed by atoms with van der Waals surface area (Å²) in [6.45, 7) is 1.38. The minimum atomic E-state index is -4.77. The topological polar surface area (TPSA) is 140 Å². The number of β-amino-alcohol motifs (C(OH)–C–C–N with tert-alkyl or cyclic N) is 1. The van der Waals surface area contributed by atoms with Crippen LogP contribution in [0.4, 0.5) is 18.0 Å². The number of nitrogens with zero attached hydrogens (tertiary/aromatic N) is 6. The predicted molar refractivity (Wildman–Crippen MR) is 129 cm³/mol. The van der Waals surface area contributed by atoms with Gasteiger partial charge in [-0.1, -0.05) is 35.5 Å². The number of carbonyl (C=O) groups is 1. The Balaban J connectivity index is 1.31. The smallest absolute Gasteiger partial charge is 0.450 e. The SMILES string of the molecule is O=C(O)O[C@H]1CCCN(C[C@@H](O)c2ccc(-c3noc(-c4cnn(-c5ccccn5)c4C(F)(F)F)n3)cc2)C1. The first-order chi connectivity index (χ1) is 18.7. The van der Waals surface area contributed by atoms with Crippen molar-refractivity contribution in [1.29, 1.82) is 0 Å². The van der Waals surface area contributed by atoms with Gasteiger partial charge in [-0.05, 0) is 37.1 Å². The van der Waals surface area contributed by atoms with Crippen molar-refractivity contribution in [2.45, 2.75) is 31.2 Å². The van der Waals surface area contributed by atoms with Crippen molar-refractivity contribution in [2.24, 2.45) is 0 Å². The molecule has 4 aromatic rings. The van der Waals surface area contributed by atoms with Crippen molar-refractivity contribution >= 4 is 6.16 Å². The monoisotopic (exact) mass is 544 g/mol. The molecule has 0 spiro atoms. The van der Waals surface area contributed by atoms with E-state index < -0.39 is 30.2 Å². The van der Waals surface area contributed by atoms with E-state index in [0.717, 1.165) is 12.6 Å². The van der Waals surface area contributed by atoms with Gasteiger partial charge in [0.2, 0.25) is 5.82 Å². The first-order valence-corrected chi connectivity index (χ1v) is 12.0. The van der Waals surface area contributed by atoms with Crippen LogP contribution >= 0.6 is 0 Å². The Hall–Kier alpha value is -4.30. The summed E-state index contributed by atoms with van der Waals surface area (Å²) >= 11 is 0. The third-order valence-electron chi connectivity index (χ3n) is 6.28. The third kappa shape index (κ3) is 5.91. The van der Waals surface area contributed by atoms with E-state index in [1.165, 1.54) is 12.3 Å². The summed E-state index contributed by atoms with van der Waals surface area (Å²) < 4.78 is 52.6. The van der Waals surface area contributed by atoms with Gasteiger partial charge in [-0.2, -0.15) is 23.3 Å². The van der Waals surface area contributed by atoms with Gasteiger partial charge in [0.05, 0.1) is 17.9 Å². The van der Waals surface area contributed by atoms with Crippen molar-refractivity contribution in [3.63, 3.8) is 0 Å². The van der Waals surface area contributed by atoms with Gasteiger partial charge >= 0.3 is 12.3 Å². The molecular formula is C25H23F3N6O5. The van der Waals surface area contributed by atoms with E-state index in [2.05, 4.69) is 20.2 Å². The van der Waals surface area contributed by atoms with E-state index >= 15 is 0 Å². The van der Waals surface area contributed by atoms with Gasteiger partial charge in [0.25, 0.3) is 5.89 Å². The molecule has 0 saturated carbocycles. The normalized spacial score (nSPS) is 17.2. The Morgan fingerprint density at radius 1 is 1.21 bits per heavy atom. The number of hydrogen-bond acceptors (Lipinski definition) is 9. The third-order valence-corrected chi connectivity index (χ3v) is 6.28. The molecule has 0 radical (unpaired) electrons. The summed E-state index contributed by atoms with van der Waals surface area (Å²) in [7, 11) is 0. The quantitative estimate of drug-likeness (QED) is 0.326. The highest BCUT2D eigenvalue weighted by molar-refractivity contribution is 5.62. The van der Waals surface area contributed by atoms with Crippen molar-refractivity contribution < 1.29 is 37.4 Å². The number of halogens is 3. The van der Waals surface area contributed by atoms with Crippen LogP contribution in [0, 0.1) is 0 Å². The maximum atomic E-state index is 14.0. The molecule has 1 aliphatic rings. The standard InChI is InChI=1S/C25H23F3N6O5/c26-25(27,28)21-18(12-30-34(21)20-5-1-2-10-29-20)23-31-22(32-39-23)16-8-6-15(7-9-16)19(35)14-33-11-3-4-17(13-33)38-24(36)37/h1-2,5-10,12,17,19,35H,3-4,11,13-14H2,(H,36,37)/t17-,19+/m0/s1. The Labute approximate surface area is 219 Å². The Morgan fingerprint density at radius 3 is 2.69 bits per heavy atom. The maximum absolute atomic E-state index is 14.0. The van der Waals surface area contributed by atoms with E-state index in [1.54, 1.807) is 36.4 Å². The van der Waals surface area contributed by atoms with Crippen LogP contribution in [-0.2, 0) is 10.9 Å². The van der Waals surface area contributed by atoms with Gasteiger partial charge in [0, 0.05) is 24.8 Å². The van der Waals surface area contributed by atoms with Crippen molar-refractivity contribution in [3.05, 3.63) is 66.1 Å². The summed E-state index contributed by atoms with van der Waals surface area (Å²) in [6, 6.07) is 11.1. The lowest BCUT2D eigenvalue weighted by Crippen LogP contribution is -2.42. The van der Waals surface area contributed by atoms with Crippen LogP contribution < -0.4 is 0 Å². The fraction of sp³-hybridized carbons (Fsp3) is 0.320. The zero-order valence-corrected chi connectivity index (χ0v) is 20.3. The molecule has 4 heterocycles. The first kappa shape index (κ1) is 26.3. The number of aliphatic hydroxyl groups is 1. The molecular weight excluding hydrogens is 521 g/mol. The highest BCUT2D eigenvalue weighted by atomic mass is 19.4. The van der Waals surface area contributed by atoms with Crippen LogP contribution in [0.5, 0.6) is 0 Å². The van der Waals surface area contributed by atoms with Gasteiger partial charge in [-0.3, -0.25) is 4.90 Å². The minimum absolute atomic E-state index is 0.0144. The molecule has 0 bridgehead atoms. The molecule has 1 aliphatic heterocycles. The van der Waals surface area contributed by atoms with Gasteiger partial charge in [0.1, 0.15) is 6.10 Å². The summed E-state index contributed by atoms with van der Waals surface area (Å²) in [6.07, 6.45) is -3.64. The molecule has 1 saturated heterocycles. The molecule has 5 rings (SSSR count). The largest absolute Gasteiger partial charge is 0.506 e. The number of aliphatic hydroxyl groups excluding tert-OH is 1. The second kappa shape index (κ2) is 10.8. The van der Waals surface area contributed by atoms with Crippen LogP contribution in [0.2, 0.25) is 0 Å². The highest BCUT2D eigenvalue weighted by Gasteiger charge is 2.41. The van der Waals surface area contributed by atoms with E-state index in [9.17, 15) is 23.1 Å². The Kier molecular flexibility index (Phi) is 7.30. The maximum Gasteiger partial charge on any atom is 0.506 e. The number of ether oxygens (including phenoxy) is 1. The van der Waals surface area contributed by atoms with Gasteiger partial charge in [-0.25, -0.2) is 14.5 Å². The lowest BCUT2D eigenvalue weighted by molar-refractivity contribution is -0.142. The average molecular weight is 544 g/mol. The number of likely N-dealkylation sites (tertiary alicyclic amines) is 1. The molecule has 14 heteroatoms. The number of benzene rings is 1. The number of alkyl halides is 3. The fourth-order valence-electron chi connectivity index (χ4n) is 4.50. The number of carboxylic acid groups (broad SMARTS) is 1. The zero-order chi connectivity index (χ0) is 27.6. The van der Waals surface area contributed by atoms with Crippen LogP contribution in [-0.4, -0.2) is 71.9 Å². The Bertz CT molecular complexity index is 1420. The lowest BCUT2D eigenvalue weighted by Gasteiger charge is -2.33. The fourth-order valence-corrected chi connectivity index (χ4v) is 4.50. The summed E-state index contributed by atoms with van der Waals surface area (Å²) in [5.41, 5.74) is -0.409. The molecule has 204 valence electrons. The second-order valence-electron chi connectivity index (χ2n) is 8.97. The number of aromatic nitrogens is 5. The molecule has 1 aromatic carbocycles. The summed E-state index contributed by atoms with van der Waals surface area (Å²) in [5.74, 6) is -0.305. The highest BCUT2D eigenvalue weighted by Crippen LogP contribution is 2.38. The number of rotatable bonds is 7. The van der Waals surface area contributed by atoms with Crippen LogP contribution in [0.25, 0.3) is 28.7 Å². The van der Waals surface area contributed by atoms with E-state index in [0.29, 0.717) is 35.3 Å². The number of piperidine rings is 1. The first-order valence-electron chi connectivity index (χ1n) is 12.0. The summed E-state index contributed by atoms with van der Waals surface area (Å²) in [5, 5.41) is 27.2. The number of hydrogen-bond donors (Lipinski definition) is 2. The van der Waals surface area contributed by atoms with Crippen molar-refractivity contribution in [3.8, 4) is 28.7 Å². The van der Waals surface area contributed by atoms with Gasteiger partial charge in [0.15, 0.2) is 11.5 Å². The molecule has 3 aromatic heterocycles. The van der Waals surface area contributed by atoms with E-state index in [4.69, 9.17) is 14.4 Å². The molecule has 0 aliphatic carbocycles. The molecule has 2 atom stereocenters. The minimum Gasteiger partial charge on any atom is -0.450 e. The zero-order valence-electron chi connectivity index (χ0n) is 20.3. The molecule has 1 fully saturated rings. The van der Waals surface area contributed by atoms with Crippen molar-refractivity contribution in [1.82, 2.24) is 29.8 Å². The van der Waals surface area contributed by atoms with E-state index in [-0.39, 0.29) is 29.6 Å². The lowest BCUT2D eigenvalue weighted by atomic mass is 10.0. The molecule has 2 N–H and O–H groups in total. The second-order valence-corrected chi connectivity index (χ2v) is 8.97. The predicted octanol–water partition coefficient (Wildman–Crippen LogP) is 4.20. The van der Waals surface area contributed by atoms with Crippen LogP contribution in [0.1, 0.15) is 30.2 Å². The molecule has 39 heavy (non-hydrogen) atoms. The van der Waals surface area contributed by atoms with Crippen molar-refractivity contribution in [2.75, 3.05) is 19.6 Å².